The molecular formula is C11H18OSn. The van der Waals surface area contributed by atoms with Crippen molar-refractivity contribution in [3.8, 4) is 0 Å². The van der Waals surface area contributed by atoms with Gasteiger partial charge in [0, 0.05) is 0 Å². The van der Waals surface area contributed by atoms with E-state index < -0.39 is 19.8 Å². The maximum atomic E-state index is 8.98. The molecule has 0 saturated carbocycles. The van der Waals surface area contributed by atoms with Crippen LogP contribution in [0.2, 0.25) is 9.88 Å². The maximum absolute atomic E-state index is 8.98. The first-order chi connectivity index (χ1) is 6.25. The Morgan fingerprint density at radius 3 is 2.31 bits per heavy atom. The van der Waals surface area contributed by atoms with E-state index in [-0.39, 0.29) is 0 Å². The van der Waals surface area contributed by atoms with E-state index in [1.807, 2.05) is 0 Å². The summed E-state index contributed by atoms with van der Waals surface area (Å²) in [4.78, 5) is 4.82. The Morgan fingerprint density at radius 2 is 1.85 bits per heavy atom. The number of rotatable bonds is 4. The number of hydrogen-bond donors (Lipinski definition) is 1. The van der Waals surface area contributed by atoms with Crippen LogP contribution in [0.15, 0.2) is 30.3 Å². The van der Waals surface area contributed by atoms with E-state index >= 15 is 0 Å². The molecule has 1 atom stereocenters. The summed E-state index contributed by atoms with van der Waals surface area (Å²) in [5, 5.41) is 8.98. The van der Waals surface area contributed by atoms with Crippen LogP contribution in [-0.4, -0.2) is 31.5 Å². The molecule has 0 heterocycles. The van der Waals surface area contributed by atoms with Gasteiger partial charge in [-0.3, -0.25) is 0 Å². The molecule has 0 saturated heterocycles. The van der Waals surface area contributed by atoms with Crippen LogP contribution >= 0.6 is 0 Å². The molecule has 0 aromatic heterocycles. The van der Waals surface area contributed by atoms with Gasteiger partial charge in [0.2, 0.25) is 0 Å². The average molecular weight is 285 g/mol. The molecule has 1 aromatic rings. The van der Waals surface area contributed by atoms with Gasteiger partial charge in [0.25, 0.3) is 0 Å². The van der Waals surface area contributed by atoms with Crippen molar-refractivity contribution < 1.29 is 5.11 Å². The Bertz CT molecular complexity index is 233. The fourth-order valence-electron chi connectivity index (χ4n) is 1.72. The van der Waals surface area contributed by atoms with E-state index in [9.17, 15) is 0 Å². The van der Waals surface area contributed by atoms with Crippen molar-refractivity contribution in [3.63, 3.8) is 0 Å². The first kappa shape index (κ1) is 11.1. The molecule has 1 aromatic carbocycles. The van der Waals surface area contributed by atoms with Crippen molar-refractivity contribution >= 4 is 19.8 Å². The first-order valence-electron chi connectivity index (χ1n) is 4.91. The summed E-state index contributed by atoms with van der Waals surface area (Å²) in [7, 11) is 0. The molecule has 2 heteroatoms. The predicted octanol–water partition coefficient (Wildman–Crippen LogP) is 2.18. The summed E-state index contributed by atoms with van der Waals surface area (Å²) >= 11 is -1.35. The van der Waals surface area contributed by atoms with Crippen molar-refractivity contribution in [1.82, 2.24) is 0 Å². The molecule has 0 spiro atoms. The van der Waals surface area contributed by atoms with Gasteiger partial charge in [0.15, 0.2) is 0 Å². The van der Waals surface area contributed by atoms with Crippen LogP contribution in [0.1, 0.15) is 15.9 Å². The monoisotopic (exact) mass is 286 g/mol. The fraction of sp³-hybridized carbons (Fsp3) is 0.455. The van der Waals surface area contributed by atoms with Crippen molar-refractivity contribution in [1.29, 1.82) is 0 Å². The van der Waals surface area contributed by atoms with Gasteiger partial charge in [-0.1, -0.05) is 0 Å². The van der Waals surface area contributed by atoms with Crippen molar-refractivity contribution in [2.45, 2.75) is 20.2 Å². The molecule has 0 fully saturated rings. The second-order valence-electron chi connectivity index (χ2n) is 3.77. The molecule has 0 aliphatic heterocycles. The summed E-state index contributed by atoms with van der Waals surface area (Å²) < 4.78 is 0.702. The van der Waals surface area contributed by atoms with E-state index in [2.05, 4.69) is 40.2 Å². The van der Waals surface area contributed by atoms with Crippen molar-refractivity contribution in [3.05, 3.63) is 35.9 Å². The predicted molar refractivity (Wildman–Crippen MR) is 59.8 cm³/mol. The molecule has 0 radical (unpaired) electrons. The summed E-state index contributed by atoms with van der Waals surface area (Å²) in [6, 6.07) is 10.6. The second kappa shape index (κ2) is 5.65. The third kappa shape index (κ3) is 3.31. The van der Waals surface area contributed by atoms with E-state index in [0.29, 0.717) is 10.5 Å². The summed E-state index contributed by atoms with van der Waals surface area (Å²) in [6.45, 7) is 0.328. The number of hydrogen-bond acceptors (Lipinski definition) is 1. The molecule has 1 N–H and O–H groups in total. The minimum atomic E-state index is -1.35. The first-order valence-corrected chi connectivity index (χ1v) is 13.4. The molecule has 1 unspecified atom stereocenters. The van der Waals surface area contributed by atoms with Gasteiger partial charge in [-0.2, -0.15) is 0 Å². The van der Waals surface area contributed by atoms with Gasteiger partial charge in [0.1, 0.15) is 0 Å². The zero-order valence-corrected chi connectivity index (χ0v) is 11.7. The molecular weight excluding hydrogens is 267 g/mol. The SMILES string of the molecule is [CH3][SnH]([CH3])[CH](CCO)c1ccccc1. The third-order valence-electron chi connectivity index (χ3n) is 2.47. The molecule has 0 bridgehead atoms. The Morgan fingerprint density at radius 1 is 1.23 bits per heavy atom. The Kier molecular flexibility index (Phi) is 4.81. The molecule has 0 aliphatic rings. The summed E-state index contributed by atoms with van der Waals surface area (Å²) in [5.74, 6) is 0. The van der Waals surface area contributed by atoms with Gasteiger partial charge in [-0.25, -0.2) is 0 Å². The molecule has 0 amide bonds. The summed E-state index contributed by atoms with van der Waals surface area (Å²) in [5.41, 5.74) is 1.43. The van der Waals surface area contributed by atoms with Gasteiger partial charge in [-0.15, -0.1) is 0 Å². The number of aliphatic hydroxyl groups is 1. The molecule has 72 valence electrons. The van der Waals surface area contributed by atoms with Crippen LogP contribution in [0, 0.1) is 0 Å². The van der Waals surface area contributed by atoms with Crippen LogP contribution < -0.4 is 0 Å². The Balaban J connectivity index is 2.76. The van der Waals surface area contributed by atoms with Crippen LogP contribution in [0.5, 0.6) is 0 Å². The third-order valence-corrected chi connectivity index (χ3v) is 9.12. The van der Waals surface area contributed by atoms with E-state index in [4.69, 9.17) is 5.11 Å². The average Bonchev–Trinajstić information content (AvgIpc) is 2.15. The van der Waals surface area contributed by atoms with Gasteiger partial charge >= 0.3 is 87.6 Å². The number of aliphatic hydroxyl groups excluding tert-OH is 1. The zero-order valence-electron chi connectivity index (χ0n) is 8.40. The molecule has 0 aliphatic carbocycles. The second-order valence-corrected chi connectivity index (χ2v) is 13.2. The van der Waals surface area contributed by atoms with Gasteiger partial charge < -0.3 is 0 Å². The van der Waals surface area contributed by atoms with Crippen LogP contribution in [0.4, 0.5) is 0 Å². The number of benzene rings is 1. The van der Waals surface area contributed by atoms with E-state index in [1.54, 1.807) is 0 Å². The summed E-state index contributed by atoms with van der Waals surface area (Å²) in [6.07, 6.45) is 0.956. The molecule has 13 heavy (non-hydrogen) atoms. The molecule has 1 nitrogen and oxygen atoms in total. The normalized spacial score (nSPS) is 13.2. The minimum absolute atomic E-state index is 0.328. The van der Waals surface area contributed by atoms with Crippen molar-refractivity contribution in [2.24, 2.45) is 0 Å². The van der Waals surface area contributed by atoms with E-state index in [0.717, 1.165) is 6.42 Å². The standard InChI is InChI=1S/C9H11O.2CH3.Sn.H/c10-8-4-7-9-5-2-1-3-6-9;;;;/h1-3,5-7,10H,4,8H2;2*1H3;;. The topological polar surface area (TPSA) is 20.2 Å². The molecule has 1 rings (SSSR count). The zero-order chi connectivity index (χ0) is 9.68. The van der Waals surface area contributed by atoms with Crippen LogP contribution in [0.25, 0.3) is 0 Å². The van der Waals surface area contributed by atoms with Crippen LogP contribution in [-0.2, 0) is 0 Å². The Hall–Kier alpha value is -0.0213. The van der Waals surface area contributed by atoms with Crippen LogP contribution in [0.3, 0.4) is 0 Å². The van der Waals surface area contributed by atoms with E-state index in [1.165, 1.54) is 5.56 Å². The fourth-order valence-corrected chi connectivity index (χ4v) is 6.88. The van der Waals surface area contributed by atoms with Crippen molar-refractivity contribution in [2.75, 3.05) is 6.61 Å². The van der Waals surface area contributed by atoms with Gasteiger partial charge in [0.05, 0.1) is 0 Å². The quantitative estimate of drug-likeness (QED) is 0.841. The van der Waals surface area contributed by atoms with Gasteiger partial charge in [-0.05, 0) is 0 Å². The Labute approximate surface area is 87.5 Å².